The van der Waals surface area contributed by atoms with Crippen LogP contribution in [-0.2, 0) is 14.8 Å². The van der Waals surface area contributed by atoms with Crippen LogP contribution in [0.2, 0.25) is 0 Å². The number of nitro benzene ring substituents is 1. The largest absolute Gasteiger partial charge is 0.491 e. The standard InChI is InChI=1S/C20H25N3O6S/c1-13(2)29-18-8-6-7-16(11-18)21-20(24)15(4)22(30(5,27)28)19-12-17(23(25)26)10-9-14(19)3/h6-13,15H,1-5H3,(H,21,24). The molecule has 30 heavy (non-hydrogen) atoms. The molecule has 0 aromatic heterocycles. The summed E-state index contributed by atoms with van der Waals surface area (Å²) in [5.41, 5.74) is 0.730. The highest BCUT2D eigenvalue weighted by Gasteiger charge is 2.31. The lowest BCUT2D eigenvalue weighted by molar-refractivity contribution is -0.384. The van der Waals surface area contributed by atoms with Crippen LogP contribution in [0.5, 0.6) is 5.75 Å². The molecule has 0 aliphatic rings. The molecule has 2 aromatic rings. The lowest BCUT2D eigenvalue weighted by Gasteiger charge is -2.29. The van der Waals surface area contributed by atoms with Crippen molar-refractivity contribution in [2.45, 2.75) is 39.8 Å². The van der Waals surface area contributed by atoms with Gasteiger partial charge in [-0.1, -0.05) is 12.1 Å². The van der Waals surface area contributed by atoms with E-state index in [0.717, 1.165) is 16.6 Å². The lowest BCUT2D eigenvalue weighted by Crippen LogP contribution is -2.45. The first-order chi connectivity index (χ1) is 13.9. The SMILES string of the molecule is Cc1ccc([N+](=O)[O-])cc1N(C(C)C(=O)Nc1cccc(OC(C)C)c1)S(C)(=O)=O. The second-order valence-electron chi connectivity index (χ2n) is 7.15. The third-order valence-electron chi connectivity index (χ3n) is 4.20. The first-order valence-corrected chi connectivity index (χ1v) is 11.1. The second kappa shape index (κ2) is 9.12. The molecule has 0 saturated carbocycles. The molecular weight excluding hydrogens is 410 g/mol. The monoisotopic (exact) mass is 435 g/mol. The van der Waals surface area contributed by atoms with Crippen LogP contribution in [0.4, 0.5) is 17.1 Å². The summed E-state index contributed by atoms with van der Waals surface area (Å²) in [6.45, 7) is 6.79. The van der Waals surface area contributed by atoms with Gasteiger partial charge < -0.3 is 10.1 Å². The summed E-state index contributed by atoms with van der Waals surface area (Å²) in [5, 5.41) is 13.8. The van der Waals surface area contributed by atoms with Crippen molar-refractivity contribution in [1.29, 1.82) is 0 Å². The van der Waals surface area contributed by atoms with E-state index >= 15 is 0 Å². The molecule has 0 spiro atoms. The van der Waals surface area contributed by atoms with E-state index in [9.17, 15) is 23.3 Å². The maximum Gasteiger partial charge on any atom is 0.271 e. The number of nitro groups is 1. The van der Waals surface area contributed by atoms with Gasteiger partial charge in [0.15, 0.2) is 0 Å². The van der Waals surface area contributed by atoms with Gasteiger partial charge in [-0.05, 0) is 45.4 Å². The van der Waals surface area contributed by atoms with E-state index in [4.69, 9.17) is 4.74 Å². The van der Waals surface area contributed by atoms with E-state index in [2.05, 4.69) is 5.32 Å². The van der Waals surface area contributed by atoms with Gasteiger partial charge in [0.05, 0.1) is 23.0 Å². The predicted molar refractivity (Wildman–Crippen MR) is 115 cm³/mol. The first kappa shape index (κ1) is 23.1. The van der Waals surface area contributed by atoms with E-state index in [-0.39, 0.29) is 17.5 Å². The zero-order chi connectivity index (χ0) is 22.6. The van der Waals surface area contributed by atoms with E-state index in [1.807, 2.05) is 13.8 Å². The molecule has 1 unspecified atom stereocenters. The zero-order valence-corrected chi connectivity index (χ0v) is 18.3. The van der Waals surface area contributed by atoms with Crippen LogP contribution in [0.15, 0.2) is 42.5 Å². The molecule has 0 aliphatic heterocycles. The second-order valence-corrected chi connectivity index (χ2v) is 9.01. The molecule has 0 fully saturated rings. The summed E-state index contributed by atoms with van der Waals surface area (Å²) in [7, 11) is -3.92. The third kappa shape index (κ3) is 5.69. The summed E-state index contributed by atoms with van der Waals surface area (Å²) >= 11 is 0. The Bertz CT molecular complexity index is 1050. The van der Waals surface area contributed by atoms with Crippen LogP contribution in [0, 0.1) is 17.0 Å². The Morgan fingerprint density at radius 2 is 1.83 bits per heavy atom. The fraction of sp³-hybridized carbons (Fsp3) is 0.350. The first-order valence-electron chi connectivity index (χ1n) is 9.22. The normalized spacial score (nSPS) is 12.3. The molecule has 2 rings (SSSR count). The number of ether oxygens (including phenoxy) is 1. The Kier molecular flexibility index (Phi) is 7.04. The molecule has 1 atom stereocenters. The number of carbonyl (C=O) groups is 1. The molecule has 2 aromatic carbocycles. The topological polar surface area (TPSA) is 119 Å². The number of benzene rings is 2. The van der Waals surface area contributed by atoms with E-state index in [0.29, 0.717) is 17.0 Å². The van der Waals surface area contributed by atoms with Gasteiger partial charge in [-0.25, -0.2) is 8.42 Å². The van der Waals surface area contributed by atoms with Crippen molar-refractivity contribution in [3.05, 3.63) is 58.1 Å². The van der Waals surface area contributed by atoms with Gasteiger partial charge in [0.2, 0.25) is 15.9 Å². The quantitative estimate of drug-likeness (QED) is 0.501. The number of hydrogen-bond donors (Lipinski definition) is 1. The smallest absolute Gasteiger partial charge is 0.271 e. The molecule has 1 amide bonds. The molecule has 1 N–H and O–H groups in total. The number of carbonyl (C=O) groups excluding carboxylic acids is 1. The van der Waals surface area contributed by atoms with Crippen LogP contribution in [-0.4, -0.2) is 37.6 Å². The Hall–Kier alpha value is -3.14. The van der Waals surface area contributed by atoms with Gasteiger partial charge in [-0.2, -0.15) is 0 Å². The van der Waals surface area contributed by atoms with Gasteiger partial charge in [0, 0.05) is 23.9 Å². The van der Waals surface area contributed by atoms with Crippen LogP contribution < -0.4 is 14.4 Å². The van der Waals surface area contributed by atoms with Crippen molar-refractivity contribution in [2.75, 3.05) is 15.9 Å². The minimum Gasteiger partial charge on any atom is -0.491 e. The molecule has 10 heteroatoms. The van der Waals surface area contributed by atoms with Crippen molar-refractivity contribution < 1.29 is 22.9 Å². The average molecular weight is 436 g/mol. The number of nitrogens with one attached hydrogen (secondary N) is 1. The fourth-order valence-electron chi connectivity index (χ4n) is 2.90. The highest BCUT2D eigenvalue weighted by molar-refractivity contribution is 7.92. The maximum atomic E-state index is 12.8. The highest BCUT2D eigenvalue weighted by Crippen LogP contribution is 2.29. The lowest BCUT2D eigenvalue weighted by atomic mass is 10.1. The van der Waals surface area contributed by atoms with Crippen molar-refractivity contribution in [3.63, 3.8) is 0 Å². The molecule has 0 heterocycles. The van der Waals surface area contributed by atoms with Crippen LogP contribution in [0.3, 0.4) is 0 Å². The van der Waals surface area contributed by atoms with Crippen molar-refractivity contribution in [1.82, 2.24) is 0 Å². The summed E-state index contributed by atoms with van der Waals surface area (Å²) in [4.78, 5) is 23.4. The number of rotatable bonds is 8. The molecule has 0 radical (unpaired) electrons. The van der Waals surface area contributed by atoms with Crippen LogP contribution >= 0.6 is 0 Å². The highest BCUT2D eigenvalue weighted by atomic mass is 32.2. The fourth-order valence-corrected chi connectivity index (χ4v) is 4.12. The van der Waals surface area contributed by atoms with E-state index < -0.39 is 26.9 Å². The Morgan fingerprint density at radius 3 is 2.40 bits per heavy atom. The molecular formula is C20H25N3O6S. The number of nitrogens with zero attached hydrogens (tertiary/aromatic N) is 2. The van der Waals surface area contributed by atoms with Crippen molar-refractivity contribution in [2.24, 2.45) is 0 Å². The van der Waals surface area contributed by atoms with Gasteiger partial charge in [0.25, 0.3) is 5.69 Å². The van der Waals surface area contributed by atoms with Crippen LogP contribution in [0.25, 0.3) is 0 Å². The summed E-state index contributed by atoms with van der Waals surface area (Å²) in [6.07, 6.45) is 0.902. The average Bonchev–Trinajstić information content (AvgIpc) is 2.61. The molecule has 0 aliphatic carbocycles. The van der Waals surface area contributed by atoms with Gasteiger partial charge in [-0.3, -0.25) is 19.2 Å². The minimum atomic E-state index is -3.92. The predicted octanol–water partition coefficient (Wildman–Crippen LogP) is 3.48. The number of non-ortho nitro benzene ring substituents is 1. The van der Waals surface area contributed by atoms with Gasteiger partial charge >= 0.3 is 0 Å². The number of aryl methyl sites for hydroxylation is 1. The number of hydrogen-bond acceptors (Lipinski definition) is 6. The Morgan fingerprint density at radius 1 is 1.17 bits per heavy atom. The number of amides is 1. The Labute approximate surface area is 175 Å². The summed E-state index contributed by atoms with van der Waals surface area (Å²) in [5.74, 6) is -0.0296. The van der Waals surface area contributed by atoms with E-state index in [1.54, 1.807) is 31.2 Å². The number of anilines is 2. The van der Waals surface area contributed by atoms with Gasteiger partial charge in [0.1, 0.15) is 11.8 Å². The van der Waals surface area contributed by atoms with Crippen LogP contribution in [0.1, 0.15) is 26.3 Å². The van der Waals surface area contributed by atoms with Crippen molar-refractivity contribution in [3.8, 4) is 5.75 Å². The summed E-state index contributed by atoms with van der Waals surface area (Å²) in [6, 6.07) is 9.46. The zero-order valence-electron chi connectivity index (χ0n) is 17.4. The third-order valence-corrected chi connectivity index (χ3v) is 5.43. The molecule has 162 valence electrons. The van der Waals surface area contributed by atoms with Crippen molar-refractivity contribution >= 4 is 33.0 Å². The Balaban J connectivity index is 2.37. The minimum absolute atomic E-state index is 0.0487. The van der Waals surface area contributed by atoms with Gasteiger partial charge in [-0.15, -0.1) is 0 Å². The molecule has 0 bridgehead atoms. The molecule has 0 saturated heterocycles. The maximum absolute atomic E-state index is 12.8. The summed E-state index contributed by atoms with van der Waals surface area (Å²) < 4.78 is 31.5. The number of sulfonamides is 1. The molecule has 9 nitrogen and oxygen atoms in total. The van der Waals surface area contributed by atoms with E-state index in [1.165, 1.54) is 19.1 Å².